The third kappa shape index (κ3) is 3.12. The van der Waals surface area contributed by atoms with Crippen molar-refractivity contribution in [2.75, 3.05) is 17.7 Å². The van der Waals surface area contributed by atoms with Gasteiger partial charge in [0.1, 0.15) is 5.60 Å². The van der Waals surface area contributed by atoms with Crippen LogP contribution in [0.3, 0.4) is 0 Å². The molecule has 0 aliphatic carbocycles. The van der Waals surface area contributed by atoms with Gasteiger partial charge >= 0.3 is 0 Å². The zero-order valence-electron chi connectivity index (χ0n) is 11.8. The Labute approximate surface area is 113 Å². The Kier molecular flexibility index (Phi) is 4.67. The molecule has 0 aromatic heterocycles. The van der Waals surface area contributed by atoms with Crippen LogP contribution in [0.15, 0.2) is 24.3 Å². The molecule has 1 rings (SSSR count). The average Bonchev–Trinajstić information content (AvgIpc) is 2.39. The lowest BCUT2D eigenvalue weighted by molar-refractivity contribution is -0.141. The fraction of sp³-hybridized carbons (Fsp3) is 0.429. The Bertz CT molecular complexity index is 464. The van der Waals surface area contributed by atoms with Crippen LogP contribution in [0.25, 0.3) is 0 Å². The van der Waals surface area contributed by atoms with Crippen molar-refractivity contribution in [1.29, 1.82) is 0 Å². The molecular formula is C14H20N2O3. The predicted octanol–water partition coefficient (Wildman–Crippen LogP) is 1.96. The van der Waals surface area contributed by atoms with Gasteiger partial charge in [-0.05, 0) is 37.6 Å². The van der Waals surface area contributed by atoms with Crippen LogP contribution in [-0.4, -0.2) is 24.5 Å². The Hall–Kier alpha value is -1.88. The molecule has 1 unspecified atom stereocenters. The monoisotopic (exact) mass is 264 g/mol. The second-order valence-electron chi connectivity index (χ2n) is 4.54. The molecule has 0 saturated heterocycles. The third-order valence-electron chi connectivity index (χ3n) is 3.25. The number of ether oxygens (including phenoxy) is 1. The number of amides is 2. The van der Waals surface area contributed by atoms with Crippen LogP contribution in [0.5, 0.6) is 0 Å². The van der Waals surface area contributed by atoms with Crippen molar-refractivity contribution in [3.8, 4) is 0 Å². The highest BCUT2D eigenvalue weighted by Crippen LogP contribution is 2.24. The Morgan fingerprint density at radius 2 is 1.84 bits per heavy atom. The van der Waals surface area contributed by atoms with Gasteiger partial charge in [-0.15, -0.1) is 0 Å². The number of hydrogen-bond acceptors (Lipinski definition) is 4. The number of nitrogen functional groups attached to an aromatic ring is 1. The first kappa shape index (κ1) is 15.2. The highest BCUT2D eigenvalue weighted by Gasteiger charge is 2.37. The van der Waals surface area contributed by atoms with E-state index in [-0.39, 0.29) is 11.8 Å². The maximum atomic E-state index is 12.5. The molecule has 0 aliphatic rings. The summed E-state index contributed by atoms with van der Waals surface area (Å²) in [4.78, 5) is 25.4. The normalized spacial score (nSPS) is 13.7. The zero-order valence-corrected chi connectivity index (χ0v) is 11.8. The number of hydrogen-bond donors (Lipinski definition) is 1. The zero-order chi connectivity index (χ0) is 14.6. The molecule has 0 bridgehead atoms. The van der Waals surface area contributed by atoms with Gasteiger partial charge in [-0.1, -0.05) is 6.92 Å². The maximum absolute atomic E-state index is 12.5. The van der Waals surface area contributed by atoms with E-state index in [0.29, 0.717) is 17.8 Å². The van der Waals surface area contributed by atoms with Crippen molar-refractivity contribution in [3.05, 3.63) is 24.3 Å². The van der Waals surface area contributed by atoms with Crippen LogP contribution in [-0.2, 0) is 14.3 Å². The van der Waals surface area contributed by atoms with E-state index in [2.05, 4.69) is 0 Å². The summed E-state index contributed by atoms with van der Waals surface area (Å²) < 4.78 is 5.26. The number of carbonyl (C=O) groups excluding carboxylic acids is 2. The molecule has 2 N–H and O–H groups in total. The summed E-state index contributed by atoms with van der Waals surface area (Å²) in [5, 5.41) is 0. The second-order valence-corrected chi connectivity index (χ2v) is 4.54. The number of nitrogens with zero attached hydrogens (tertiary/aromatic N) is 1. The largest absolute Gasteiger partial charge is 0.399 e. The molecule has 1 aromatic carbocycles. The van der Waals surface area contributed by atoms with Crippen molar-refractivity contribution in [1.82, 2.24) is 0 Å². The van der Waals surface area contributed by atoms with Crippen molar-refractivity contribution in [2.45, 2.75) is 32.8 Å². The van der Waals surface area contributed by atoms with Gasteiger partial charge in [0, 0.05) is 19.7 Å². The van der Waals surface area contributed by atoms with Gasteiger partial charge in [0.05, 0.1) is 5.69 Å². The van der Waals surface area contributed by atoms with Crippen molar-refractivity contribution in [2.24, 2.45) is 0 Å². The van der Waals surface area contributed by atoms with Crippen LogP contribution in [0.1, 0.15) is 27.2 Å². The lowest BCUT2D eigenvalue weighted by atomic mass is 10.0. The average molecular weight is 264 g/mol. The molecule has 0 heterocycles. The minimum Gasteiger partial charge on any atom is -0.399 e. The molecule has 5 nitrogen and oxygen atoms in total. The van der Waals surface area contributed by atoms with E-state index in [1.54, 1.807) is 31.2 Å². The fourth-order valence-electron chi connectivity index (χ4n) is 1.68. The summed E-state index contributed by atoms with van der Waals surface area (Å²) in [7, 11) is 1.46. The van der Waals surface area contributed by atoms with Crippen molar-refractivity contribution < 1.29 is 14.3 Å². The van der Waals surface area contributed by atoms with Gasteiger partial charge in [0.25, 0.3) is 5.91 Å². The molecule has 1 atom stereocenters. The molecule has 0 radical (unpaired) electrons. The van der Waals surface area contributed by atoms with E-state index in [4.69, 9.17) is 10.5 Å². The van der Waals surface area contributed by atoms with Gasteiger partial charge in [0.2, 0.25) is 5.91 Å². The molecular weight excluding hydrogens is 244 g/mol. The Balaban J connectivity index is 3.18. The number of methoxy groups -OCH3 is 1. The molecule has 2 amide bonds. The van der Waals surface area contributed by atoms with E-state index in [1.807, 2.05) is 6.92 Å². The highest BCUT2D eigenvalue weighted by atomic mass is 16.5. The molecule has 104 valence electrons. The van der Waals surface area contributed by atoms with Crippen molar-refractivity contribution in [3.63, 3.8) is 0 Å². The molecule has 19 heavy (non-hydrogen) atoms. The summed E-state index contributed by atoms with van der Waals surface area (Å²) in [6.45, 7) is 4.85. The topological polar surface area (TPSA) is 72.6 Å². The number of rotatable bonds is 4. The molecule has 0 saturated carbocycles. The first-order chi connectivity index (χ1) is 8.85. The van der Waals surface area contributed by atoms with Gasteiger partial charge < -0.3 is 10.5 Å². The van der Waals surface area contributed by atoms with Gasteiger partial charge in [0.15, 0.2) is 0 Å². The summed E-state index contributed by atoms with van der Waals surface area (Å²) in [5.41, 5.74) is 5.65. The number of carbonyl (C=O) groups is 2. The van der Waals surface area contributed by atoms with Gasteiger partial charge in [-0.25, -0.2) is 4.90 Å². The Morgan fingerprint density at radius 1 is 1.32 bits per heavy atom. The minimum atomic E-state index is -1.02. The van der Waals surface area contributed by atoms with E-state index >= 15 is 0 Å². The van der Waals surface area contributed by atoms with E-state index in [0.717, 1.165) is 4.90 Å². The molecule has 0 aliphatic heterocycles. The first-order valence-corrected chi connectivity index (χ1v) is 6.11. The Morgan fingerprint density at radius 3 is 2.21 bits per heavy atom. The van der Waals surface area contributed by atoms with Crippen LogP contribution in [0.2, 0.25) is 0 Å². The third-order valence-corrected chi connectivity index (χ3v) is 3.25. The van der Waals surface area contributed by atoms with Crippen LogP contribution in [0.4, 0.5) is 11.4 Å². The smallest absolute Gasteiger partial charge is 0.265 e. The minimum absolute atomic E-state index is 0.355. The molecule has 1 aromatic rings. The summed E-state index contributed by atoms with van der Waals surface area (Å²) in [6, 6.07) is 6.57. The van der Waals surface area contributed by atoms with Gasteiger partial charge in [-0.3, -0.25) is 9.59 Å². The summed E-state index contributed by atoms with van der Waals surface area (Å²) >= 11 is 0. The quantitative estimate of drug-likeness (QED) is 0.844. The maximum Gasteiger partial charge on any atom is 0.265 e. The van der Waals surface area contributed by atoms with Gasteiger partial charge in [-0.2, -0.15) is 0 Å². The molecule has 0 spiro atoms. The summed E-state index contributed by atoms with van der Waals surface area (Å²) in [6.07, 6.45) is 0.473. The van der Waals surface area contributed by atoms with E-state index in [9.17, 15) is 9.59 Å². The van der Waals surface area contributed by atoms with Crippen molar-refractivity contribution >= 4 is 23.2 Å². The summed E-state index contributed by atoms with van der Waals surface area (Å²) in [5.74, 6) is -0.735. The number of imide groups is 1. The molecule has 5 heteroatoms. The van der Waals surface area contributed by atoms with Crippen LogP contribution < -0.4 is 10.6 Å². The second kappa shape index (κ2) is 5.84. The lowest BCUT2D eigenvalue weighted by Crippen LogP contribution is -2.50. The fourth-order valence-corrected chi connectivity index (χ4v) is 1.68. The lowest BCUT2D eigenvalue weighted by Gasteiger charge is -2.31. The van der Waals surface area contributed by atoms with E-state index in [1.165, 1.54) is 14.0 Å². The standard InChI is InChI=1S/C14H20N2O3/c1-5-14(3,19-4)13(18)16(10(2)17)12-8-6-11(15)7-9-12/h6-9H,5,15H2,1-4H3. The highest BCUT2D eigenvalue weighted by molar-refractivity contribution is 6.16. The number of anilines is 2. The van der Waals surface area contributed by atoms with E-state index < -0.39 is 5.60 Å². The first-order valence-electron chi connectivity index (χ1n) is 6.11. The predicted molar refractivity (Wildman–Crippen MR) is 74.7 cm³/mol. The number of nitrogens with two attached hydrogens (primary N) is 1. The molecule has 0 fully saturated rings. The van der Waals surface area contributed by atoms with Crippen LogP contribution >= 0.6 is 0 Å². The number of benzene rings is 1. The van der Waals surface area contributed by atoms with Crippen LogP contribution in [0, 0.1) is 0 Å². The SMILES string of the molecule is CCC(C)(OC)C(=O)N(C(C)=O)c1ccc(N)cc1.